The van der Waals surface area contributed by atoms with Gasteiger partial charge in [-0.1, -0.05) is 31.9 Å². The number of likely N-dealkylation sites (N-methyl/N-ethyl adjacent to an activating group) is 1. The Morgan fingerprint density at radius 3 is 2.35 bits per heavy atom. The van der Waals surface area contributed by atoms with Crippen molar-refractivity contribution in [1.29, 1.82) is 0 Å². The number of halogens is 2. The predicted octanol–water partition coefficient (Wildman–Crippen LogP) is 3.32. The molecule has 0 heterocycles. The van der Waals surface area contributed by atoms with Crippen molar-refractivity contribution in [2.75, 3.05) is 20.8 Å². The maximum Gasteiger partial charge on any atom is 0.253 e. The third-order valence-corrected chi connectivity index (χ3v) is 3.41. The van der Waals surface area contributed by atoms with E-state index in [1.54, 1.807) is 19.1 Å². The Morgan fingerprint density at radius 1 is 1.35 bits per heavy atom. The van der Waals surface area contributed by atoms with Crippen LogP contribution in [0.2, 0.25) is 0 Å². The van der Waals surface area contributed by atoms with Gasteiger partial charge in [-0.2, -0.15) is 0 Å². The van der Waals surface area contributed by atoms with E-state index in [2.05, 4.69) is 31.9 Å². The normalized spacial score (nSPS) is 12.3. The molecule has 0 saturated carbocycles. The number of ether oxygens (including phenoxy) is 1. The summed E-state index contributed by atoms with van der Waals surface area (Å²) in [6, 6.07) is 5.56. The van der Waals surface area contributed by atoms with Gasteiger partial charge in [0.2, 0.25) is 0 Å². The molecule has 1 amide bonds. The Labute approximate surface area is 118 Å². The van der Waals surface area contributed by atoms with Crippen LogP contribution < -0.4 is 0 Å². The number of hydrogen-bond acceptors (Lipinski definition) is 2. The summed E-state index contributed by atoms with van der Waals surface area (Å²) in [5.41, 5.74) is 0.650. The average Bonchev–Trinajstić information content (AvgIpc) is 2.26. The molecule has 0 radical (unpaired) electrons. The summed E-state index contributed by atoms with van der Waals surface area (Å²) in [5, 5.41) is 0. The third kappa shape index (κ3) is 4.08. The number of nitrogens with zero attached hydrogens (tertiary/aromatic N) is 1. The second-order valence-corrected chi connectivity index (χ2v) is 5.71. The zero-order valence-corrected chi connectivity index (χ0v) is 13.2. The van der Waals surface area contributed by atoms with E-state index in [4.69, 9.17) is 4.74 Å². The molecule has 1 rings (SSSR count). The molecule has 94 valence electrons. The smallest absolute Gasteiger partial charge is 0.253 e. The Kier molecular flexibility index (Phi) is 5.62. The average molecular weight is 365 g/mol. The largest absolute Gasteiger partial charge is 0.383 e. The Morgan fingerprint density at radius 2 is 1.88 bits per heavy atom. The summed E-state index contributed by atoms with van der Waals surface area (Å²) in [5.74, 6) is -0.0171. The molecule has 1 unspecified atom stereocenters. The highest BCUT2D eigenvalue weighted by Gasteiger charge is 2.17. The van der Waals surface area contributed by atoms with Crippen molar-refractivity contribution in [1.82, 2.24) is 4.90 Å². The van der Waals surface area contributed by atoms with Crippen molar-refractivity contribution >= 4 is 37.8 Å². The van der Waals surface area contributed by atoms with Crippen molar-refractivity contribution in [3.8, 4) is 0 Å². The minimum atomic E-state index is -0.0171. The molecule has 17 heavy (non-hydrogen) atoms. The topological polar surface area (TPSA) is 29.5 Å². The van der Waals surface area contributed by atoms with Crippen molar-refractivity contribution < 1.29 is 9.53 Å². The lowest BCUT2D eigenvalue weighted by Gasteiger charge is -2.24. The molecule has 1 aromatic rings. The molecular formula is C12H15Br2NO2. The van der Waals surface area contributed by atoms with Crippen LogP contribution in [0.25, 0.3) is 0 Å². The van der Waals surface area contributed by atoms with Gasteiger partial charge in [0, 0.05) is 28.7 Å². The SMILES string of the molecule is COCC(C)N(C)C(=O)c1cc(Br)cc(Br)c1. The summed E-state index contributed by atoms with van der Waals surface area (Å²) in [4.78, 5) is 13.9. The fourth-order valence-corrected chi connectivity index (χ4v) is 2.73. The van der Waals surface area contributed by atoms with E-state index in [-0.39, 0.29) is 11.9 Å². The number of carbonyl (C=O) groups is 1. The molecule has 5 heteroatoms. The molecule has 0 fully saturated rings. The van der Waals surface area contributed by atoms with E-state index in [0.717, 1.165) is 8.95 Å². The highest BCUT2D eigenvalue weighted by Crippen LogP contribution is 2.21. The van der Waals surface area contributed by atoms with E-state index >= 15 is 0 Å². The van der Waals surface area contributed by atoms with Gasteiger partial charge >= 0.3 is 0 Å². The second-order valence-electron chi connectivity index (χ2n) is 3.88. The maximum atomic E-state index is 12.2. The number of hydrogen-bond donors (Lipinski definition) is 0. The first-order valence-electron chi connectivity index (χ1n) is 5.18. The second kappa shape index (κ2) is 6.52. The van der Waals surface area contributed by atoms with Gasteiger partial charge in [-0.25, -0.2) is 0 Å². The quantitative estimate of drug-likeness (QED) is 0.820. The van der Waals surface area contributed by atoms with Crippen LogP contribution in [0, 0.1) is 0 Å². The Bertz CT molecular complexity index is 389. The molecule has 0 saturated heterocycles. The molecular weight excluding hydrogens is 350 g/mol. The van der Waals surface area contributed by atoms with Crippen LogP contribution in [0.3, 0.4) is 0 Å². The molecule has 0 aliphatic carbocycles. The van der Waals surface area contributed by atoms with Gasteiger partial charge in [0.05, 0.1) is 12.6 Å². The first kappa shape index (κ1) is 14.7. The summed E-state index contributed by atoms with van der Waals surface area (Å²) >= 11 is 6.75. The molecule has 0 N–H and O–H groups in total. The molecule has 0 bridgehead atoms. The minimum absolute atomic E-state index is 0.0171. The summed E-state index contributed by atoms with van der Waals surface area (Å²) < 4.78 is 6.80. The Balaban J connectivity index is 2.88. The van der Waals surface area contributed by atoms with Gasteiger partial charge in [-0.15, -0.1) is 0 Å². The van der Waals surface area contributed by atoms with Crippen LogP contribution in [0.1, 0.15) is 17.3 Å². The number of benzene rings is 1. The minimum Gasteiger partial charge on any atom is -0.383 e. The van der Waals surface area contributed by atoms with E-state index in [0.29, 0.717) is 12.2 Å². The van der Waals surface area contributed by atoms with Crippen LogP contribution in [-0.4, -0.2) is 37.6 Å². The molecule has 0 aromatic heterocycles. The van der Waals surface area contributed by atoms with Gasteiger partial charge in [0.1, 0.15) is 0 Å². The predicted molar refractivity (Wildman–Crippen MR) is 75.3 cm³/mol. The zero-order valence-electron chi connectivity index (χ0n) is 10.0. The fraction of sp³-hybridized carbons (Fsp3) is 0.417. The van der Waals surface area contributed by atoms with E-state index in [9.17, 15) is 4.79 Å². The summed E-state index contributed by atoms with van der Waals surface area (Å²) in [7, 11) is 3.41. The molecule has 1 atom stereocenters. The molecule has 1 aromatic carbocycles. The monoisotopic (exact) mass is 363 g/mol. The van der Waals surface area contributed by atoms with Crippen molar-refractivity contribution in [2.45, 2.75) is 13.0 Å². The van der Waals surface area contributed by atoms with Gasteiger partial charge in [0.15, 0.2) is 0 Å². The van der Waals surface area contributed by atoms with Gasteiger partial charge in [-0.05, 0) is 25.1 Å². The lowest BCUT2D eigenvalue weighted by molar-refractivity contribution is 0.0633. The molecule has 0 spiro atoms. The van der Waals surface area contributed by atoms with Crippen LogP contribution >= 0.6 is 31.9 Å². The maximum absolute atomic E-state index is 12.2. The lowest BCUT2D eigenvalue weighted by Crippen LogP contribution is -2.37. The Hall–Kier alpha value is -0.390. The van der Waals surface area contributed by atoms with Crippen molar-refractivity contribution in [2.24, 2.45) is 0 Å². The number of methoxy groups -OCH3 is 1. The van der Waals surface area contributed by atoms with E-state index < -0.39 is 0 Å². The van der Waals surface area contributed by atoms with E-state index in [1.165, 1.54) is 0 Å². The lowest BCUT2D eigenvalue weighted by atomic mass is 10.2. The first-order valence-corrected chi connectivity index (χ1v) is 6.76. The van der Waals surface area contributed by atoms with Crippen LogP contribution in [-0.2, 0) is 4.74 Å². The highest BCUT2D eigenvalue weighted by molar-refractivity contribution is 9.11. The van der Waals surface area contributed by atoms with Gasteiger partial charge in [-0.3, -0.25) is 4.79 Å². The standard InChI is InChI=1S/C12H15Br2NO2/c1-8(7-17-3)15(2)12(16)9-4-10(13)6-11(14)5-9/h4-6,8H,7H2,1-3H3. The fourth-order valence-electron chi connectivity index (χ4n) is 1.43. The zero-order chi connectivity index (χ0) is 13.0. The van der Waals surface area contributed by atoms with Crippen LogP contribution in [0.4, 0.5) is 0 Å². The van der Waals surface area contributed by atoms with E-state index in [1.807, 2.05) is 25.1 Å². The molecule has 0 aliphatic heterocycles. The molecule has 3 nitrogen and oxygen atoms in total. The summed E-state index contributed by atoms with van der Waals surface area (Å²) in [6.07, 6.45) is 0. The molecule has 0 aliphatic rings. The number of amides is 1. The number of rotatable bonds is 4. The van der Waals surface area contributed by atoms with Crippen molar-refractivity contribution in [3.05, 3.63) is 32.7 Å². The summed E-state index contributed by atoms with van der Waals surface area (Å²) in [6.45, 7) is 2.48. The third-order valence-electron chi connectivity index (χ3n) is 2.50. The van der Waals surface area contributed by atoms with Gasteiger partial charge in [0.25, 0.3) is 5.91 Å². The van der Waals surface area contributed by atoms with Crippen LogP contribution in [0.15, 0.2) is 27.1 Å². The first-order chi connectivity index (χ1) is 7.95. The number of carbonyl (C=O) groups excluding carboxylic acids is 1. The van der Waals surface area contributed by atoms with Crippen molar-refractivity contribution in [3.63, 3.8) is 0 Å². The van der Waals surface area contributed by atoms with Gasteiger partial charge < -0.3 is 9.64 Å². The highest BCUT2D eigenvalue weighted by atomic mass is 79.9. The van der Waals surface area contributed by atoms with Crippen LogP contribution in [0.5, 0.6) is 0 Å².